The molecule has 0 aromatic heterocycles. The molecule has 0 N–H and O–H groups in total. The maximum Gasteiger partial charge on any atom is 0.306 e. The standard InChI is InChI=1S/C34H68NO10P/c1-35(2,3)26-29-43-46(38,39)44-31-32(45-34(37)25-21-17-13-9-7-11-15-19-23-28-41-5)30-42-33(36)24-20-16-12-8-6-10-14-18-22-27-40-4/h32H,6-31H2,1-5H3. The quantitative estimate of drug-likeness (QED) is 0.0311. The summed E-state index contributed by atoms with van der Waals surface area (Å²) < 4.78 is 43.7. The maximum atomic E-state index is 12.5. The number of hydrogen-bond donors (Lipinski definition) is 0. The second-order valence-electron chi connectivity index (χ2n) is 13.2. The number of methoxy groups -OCH3 is 2. The van der Waals surface area contributed by atoms with E-state index in [-0.39, 0.29) is 26.1 Å². The van der Waals surface area contributed by atoms with Crippen LogP contribution < -0.4 is 4.89 Å². The second kappa shape index (κ2) is 30.0. The third kappa shape index (κ3) is 32.9. The van der Waals surface area contributed by atoms with Crippen molar-refractivity contribution in [1.82, 2.24) is 0 Å². The molecular weight excluding hydrogens is 613 g/mol. The minimum absolute atomic E-state index is 0.0358. The molecule has 2 unspecified atom stereocenters. The lowest BCUT2D eigenvalue weighted by atomic mass is 10.1. The van der Waals surface area contributed by atoms with E-state index < -0.39 is 32.5 Å². The Kier molecular flexibility index (Phi) is 29.3. The topological polar surface area (TPSA) is 130 Å². The highest BCUT2D eigenvalue weighted by Gasteiger charge is 2.21. The van der Waals surface area contributed by atoms with Crippen molar-refractivity contribution in [2.45, 2.75) is 135 Å². The van der Waals surface area contributed by atoms with E-state index in [0.717, 1.165) is 71.0 Å². The van der Waals surface area contributed by atoms with E-state index >= 15 is 0 Å². The number of esters is 2. The van der Waals surface area contributed by atoms with Crippen molar-refractivity contribution in [2.75, 3.05) is 74.9 Å². The Morgan fingerprint density at radius 3 is 1.43 bits per heavy atom. The van der Waals surface area contributed by atoms with Crippen LogP contribution in [0.4, 0.5) is 0 Å². The molecule has 0 saturated carbocycles. The van der Waals surface area contributed by atoms with Gasteiger partial charge in [-0.1, -0.05) is 89.9 Å². The number of carbonyl (C=O) groups is 2. The van der Waals surface area contributed by atoms with Crippen LogP contribution in [-0.4, -0.2) is 97.5 Å². The van der Waals surface area contributed by atoms with Crippen LogP contribution in [-0.2, 0) is 42.1 Å². The van der Waals surface area contributed by atoms with Crippen LogP contribution in [0.15, 0.2) is 0 Å². The van der Waals surface area contributed by atoms with Gasteiger partial charge in [0.15, 0.2) is 6.10 Å². The minimum atomic E-state index is -4.62. The van der Waals surface area contributed by atoms with Gasteiger partial charge in [0.05, 0.1) is 27.7 Å². The first-order chi connectivity index (χ1) is 22.0. The van der Waals surface area contributed by atoms with Crippen molar-refractivity contribution >= 4 is 19.8 Å². The average molecular weight is 682 g/mol. The first kappa shape index (κ1) is 44.9. The third-order valence-electron chi connectivity index (χ3n) is 7.62. The molecule has 0 rings (SSSR count). The third-order valence-corrected chi connectivity index (χ3v) is 8.58. The molecule has 0 aromatic rings. The highest BCUT2D eigenvalue weighted by molar-refractivity contribution is 7.45. The number of nitrogens with zero attached hydrogens (tertiary/aromatic N) is 1. The van der Waals surface area contributed by atoms with Crippen molar-refractivity contribution in [1.29, 1.82) is 0 Å². The van der Waals surface area contributed by atoms with Gasteiger partial charge >= 0.3 is 11.9 Å². The molecule has 0 bridgehead atoms. The molecule has 0 saturated heterocycles. The summed E-state index contributed by atoms with van der Waals surface area (Å²) in [5.41, 5.74) is 0. The fourth-order valence-electron chi connectivity index (χ4n) is 4.76. The van der Waals surface area contributed by atoms with Gasteiger partial charge in [-0.05, 0) is 25.7 Å². The van der Waals surface area contributed by atoms with Crippen LogP contribution in [0.25, 0.3) is 0 Å². The Bertz CT molecular complexity index is 778. The van der Waals surface area contributed by atoms with Gasteiger partial charge in [0.1, 0.15) is 19.8 Å². The predicted molar refractivity (Wildman–Crippen MR) is 179 cm³/mol. The summed E-state index contributed by atoms with van der Waals surface area (Å²) in [6, 6.07) is 0. The van der Waals surface area contributed by atoms with Gasteiger partial charge in [-0.15, -0.1) is 0 Å². The second-order valence-corrected chi connectivity index (χ2v) is 14.6. The molecule has 274 valence electrons. The molecule has 0 aromatic carbocycles. The molecular formula is C34H68NO10P. The van der Waals surface area contributed by atoms with Crippen molar-refractivity contribution in [3.05, 3.63) is 0 Å². The van der Waals surface area contributed by atoms with Crippen LogP contribution in [0.3, 0.4) is 0 Å². The van der Waals surface area contributed by atoms with Crippen molar-refractivity contribution in [2.24, 2.45) is 0 Å². The summed E-state index contributed by atoms with van der Waals surface area (Å²) >= 11 is 0. The first-order valence-electron chi connectivity index (χ1n) is 17.7. The molecule has 12 heteroatoms. The van der Waals surface area contributed by atoms with Crippen LogP contribution in [0.2, 0.25) is 0 Å². The molecule has 0 spiro atoms. The fraction of sp³-hybridized carbons (Fsp3) is 0.941. The van der Waals surface area contributed by atoms with Crippen LogP contribution >= 0.6 is 7.82 Å². The molecule has 0 radical (unpaired) electrons. The van der Waals surface area contributed by atoms with E-state index in [1.54, 1.807) is 14.2 Å². The van der Waals surface area contributed by atoms with E-state index in [0.29, 0.717) is 17.4 Å². The SMILES string of the molecule is COCCCCCCCCCCCC(=O)OCC(COP(=O)([O-])OCC[N+](C)(C)C)OC(=O)CCCCCCCCCCCOC. The van der Waals surface area contributed by atoms with Crippen LogP contribution in [0.5, 0.6) is 0 Å². The predicted octanol–water partition coefficient (Wildman–Crippen LogP) is 6.74. The van der Waals surface area contributed by atoms with E-state index in [1.165, 1.54) is 51.4 Å². The molecule has 0 amide bonds. The lowest BCUT2D eigenvalue weighted by Gasteiger charge is -2.28. The van der Waals surface area contributed by atoms with E-state index in [2.05, 4.69) is 0 Å². The van der Waals surface area contributed by atoms with Gasteiger partial charge in [-0.25, -0.2) is 0 Å². The molecule has 2 atom stereocenters. The summed E-state index contributed by atoms with van der Waals surface area (Å²) in [6.07, 6.45) is 19.0. The summed E-state index contributed by atoms with van der Waals surface area (Å²) in [5, 5.41) is 0. The van der Waals surface area contributed by atoms with Gasteiger partial charge in [-0.3, -0.25) is 14.2 Å². The summed E-state index contributed by atoms with van der Waals surface area (Å²) in [4.78, 5) is 37.2. The molecule has 0 aliphatic rings. The monoisotopic (exact) mass is 681 g/mol. The highest BCUT2D eigenvalue weighted by Crippen LogP contribution is 2.38. The van der Waals surface area contributed by atoms with Gasteiger partial charge in [0.25, 0.3) is 7.82 Å². The fourth-order valence-corrected chi connectivity index (χ4v) is 5.49. The van der Waals surface area contributed by atoms with Crippen LogP contribution in [0, 0.1) is 0 Å². The zero-order valence-corrected chi connectivity index (χ0v) is 30.8. The number of quaternary nitrogens is 1. The van der Waals surface area contributed by atoms with Crippen LogP contribution in [0.1, 0.15) is 128 Å². The number of unbranched alkanes of at least 4 members (excludes halogenated alkanes) is 16. The highest BCUT2D eigenvalue weighted by atomic mass is 31.2. The molecule has 46 heavy (non-hydrogen) atoms. The van der Waals surface area contributed by atoms with Gasteiger partial charge in [-0.2, -0.15) is 0 Å². The Morgan fingerprint density at radius 2 is 1.00 bits per heavy atom. The molecule has 0 fully saturated rings. The smallest absolute Gasteiger partial charge is 0.306 e. The number of hydrogen-bond acceptors (Lipinski definition) is 10. The van der Waals surface area contributed by atoms with Crippen molar-refractivity contribution in [3.63, 3.8) is 0 Å². The van der Waals surface area contributed by atoms with Gasteiger partial charge in [0.2, 0.25) is 0 Å². The molecule has 0 aliphatic carbocycles. The number of ether oxygens (including phenoxy) is 4. The lowest BCUT2D eigenvalue weighted by molar-refractivity contribution is -0.870. The lowest BCUT2D eigenvalue weighted by Crippen LogP contribution is -2.37. The van der Waals surface area contributed by atoms with E-state index in [4.69, 9.17) is 28.0 Å². The Balaban J connectivity index is 4.44. The van der Waals surface area contributed by atoms with E-state index in [1.807, 2.05) is 21.1 Å². The number of rotatable bonds is 34. The Morgan fingerprint density at radius 1 is 0.587 bits per heavy atom. The van der Waals surface area contributed by atoms with Crippen molar-refractivity contribution < 1.29 is 51.5 Å². The largest absolute Gasteiger partial charge is 0.756 e. The number of likely N-dealkylation sites (N-methyl/N-ethyl adjacent to an activating group) is 1. The summed E-state index contributed by atoms with van der Waals surface area (Å²) in [7, 11) is 4.60. The number of phosphoric ester groups is 1. The molecule has 0 aliphatic heterocycles. The number of phosphoric acid groups is 1. The van der Waals surface area contributed by atoms with Gasteiger partial charge in [0, 0.05) is 40.3 Å². The summed E-state index contributed by atoms with van der Waals surface area (Å²) in [6.45, 7) is 1.34. The zero-order valence-electron chi connectivity index (χ0n) is 29.9. The van der Waals surface area contributed by atoms with Crippen molar-refractivity contribution in [3.8, 4) is 0 Å². The Labute approximate surface area is 280 Å². The molecule has 11 nitrogen and oxygen atoms in total. The van der Waals surface area contributed by atoms with Gasteiger partial charge < -0.3 is 37.4 Å². The first-order valence-corrected chi connectivity index (χ1v) is 19.2. The average Bonchev–Trinajstić information content (AvgIpc) is 2.99. The summed E-state index contributed by atoms with van der Waals surface area (Å²) in [5.74, 6) is -0.865. The van der Waals surface area contributed by atoms with E-state index in [9.17, 15) is 19.0 Å². The Hall–Kier alpha value is -1.07. The zero-order chi connectivity index (χ0) is 34.4. The normalized spacial score (nSPS) is 13.8. The number of carbonyl (C=O) groups excluding carboxylic acids is 2. The molecule has 0 heterocycles. The minimum Gasteiger partial charge on any atom is -0.756 e. The maximum absolute atomic E-state index is 12.5.